The normalized spacial score (nSPS) is 10.4. The van der Waals surface area contributed by atoms with Crippen molar-refractivity contribution in [2.24, 2.45) is 0 Å². The number of benzene rings is 2. The minimum Gasteiger partial charge on any atom is -0.398 e. The Morgan fingerprint density at radius 3 is 2.48 bits per heavy atom. The fourth-order valence-electron chi connectivity index (χ4n) is 2.17. The summed E-state index contributed by atoms with van der Waals surface area (Å²) < 4.78 is 0. The average molecular weight is 303 g/mol. The molecule has 21 heavy (non-hydrogen) atoms. The van der Waals surface area contributed by atoms with Crippen molar-refractivity contribution >= 4 is 28.9 Å². The van der Waals surface area contributed by atoms with Crippen LogP contribution in [0.5, 0.6) is 0 Å². The molecule has 0 fully saturated rings. The Bertz CT molecular complexity index is 593. The molecule has 1 amide bonds. The van der Waals surface area contributed by atoms with Crippen LogP contribution in [0.15, 0.2) is 48.5 Å². The van der Waals surface area contributed by atoms with Crippen molar-refractivity contribution in [2.45, 2.75) is 19.8 Å². The summed E-state index contributed by atoms with van der Waals surface area (Å²) in [5.74, 6) is -0.155. The maximum atomic E-state index is 12.9. The van der Waals surface area contributed by atoms with Crippen LogP contribution in [0.4, 0.5) is 11.4 Å². The van der Waals surface area contributed by atoms with Crippen molar-refractivity contribution in [1.29, 1.82) is 0 Å². The Kier molecular flexibility index (Phi) is 5.23. The molecule has 4 heteroatoms. The number of unbranched alkanes of at least 4 members (excludes halogenated alkanes) is 1. The summed E-state index contributed by atoms with van der Waals surface area (Å²) in [5.41, 5.74) is 7.57. The molecule has 0 aliphatic heterocycles. The van der Waals surface area contributed by atoms with Gasteiger partial charge in [0.1, 0.15) is 0 Å². The van der Waals surface area contributed by atoms with E-state index in [2.05, 4.69) is 6.92 Å². The van der Waals surface area contributed by atoms with Crippen LogP contribution in [0.1, 0.15) is 30.1 Å². The second-order valence-corrected chi connectivity index (χ2v) is 5.26. The molecule has 0 aliphatic rings. The van der Waals surface area contributed by atoms with Gasteiger partial charge in [-0.1, -0.05) is 49.2 Å². The molecule has 0 bridgehead atoms. The first-order chi connectivity index (χ1) is 10.1. The quantitative estimate of drug-likeness (QED) is 0.834. The molecule has 0 aromatic heterocycles. The third-order valence-electron chi connectivity index (χ3n) is 3.31. The highest BCUT2D eigenvalue weighted by Gasteiger charge is 2.21. The van der Waals surface area contributed by atoms with Crippen LogP contribution in [-0.4, -0.2) is 12.5 Å². The second-order valence-electron chi connectivity index (χ2n) is 4.85. The number of carbonyl (C=O) groups is 1. The molecule has 110 valence electrons. The summed E-state index contributed by atoms with van der Waals surface area (Å²) in [6.07, 6.45) is 1.93. The summed E-state index contributed by atoms with van der Waals surface area (Å²) in [4.78, 5) is 14.6. The van der Waals surface area contributed by atoms with E-state index in [4.69, 9.17) is 17.3 Å². The molecule has 0 aliphatic carbocycles. The maximum absolute atomic E-state index is 12.9. The van der Waals surface area contributed by atoms with E-state index in [0.717, 1.165) is 18.5 Å². The van der Waals surface area contributed by atoms with Gasteiger partial charge in [-0.15, -0.1) is 0 Å². The Morgan fingerprint density at radius 1 is 1.14 bits per heavy atom. The van der Waals surface area contributed by atoms with Gasteiger partial charge in [-0.3, -0.25) is 4.79 Å². The molecule has 0 saturated carbocycles. The lowest BCUT2D eigenvalue weighted by Crippen LogP contribution is -2.32. The standard InChI is InChI=1S/C17H19ClN2O/c1-2-3-12-20(13-8-5-4-6-9-13)17(21)16-14(18)10-7-11-15(16)19/h4-11H,2-3,12,19H2,1H3. The van der Waals surface area contributed by atoms with Crippen LogP contribution in [-0.2, 0) is 0 Å². The number of carbonyl (C=O) groups excluding carboxylic acids is 1. The van der Waals surface area contributed by atoms with E-state index in [0.29, 0.717) is 22.8 Å². The smallest absolute Gasteiger partial charge is 0.261 e. The molecule has 0 radical (unpaired) electrons. The van der Waals surface area contributed by atoms with E-state index < -0.39 is 0 Å². The van der Waals surface area contributed by atoms with Crippen LogP contribution in [0.25, 0.3) is 0 Å². The molecule has 0 atom stereocenters. The van der Waals surface area contributed by atoms with Gasteiger partial charge in [0.25, 0.3) is 5.91 Å². The van der Waals surface area contributed by atoms with Crippen LogP contribution >= 0.6 is 11.6 Å². The van der Waals surface area contributed by atoms with Gasteiger partial charge in [0.05, 0.1) is 10.6 Å². The van der Waals surface area contributed by atoms with Gasteiger partial charge in [-0.2, -0.15) is 0 Å². The van der Waals surface area contributed by atoms with Gasteiger partial charge in [-0.25, -0.2) is 0 Å². The fourth-order valence-corrected chi connectivity index (χ4v) is 2.44. The Labute approximate surface area is 130 Å². The molecule has 0 saturated heterocycles. The predicted octanol–water partition coefficient (Wildman–Crippen LogP) is 4.37. The first-order valence-electron chi connectivity index (χ1n) is 7.06. The number of amides is 1. The van der Waals surface area contributed by atoms with E-state index in [1.54, 1.807) is 23.1 Å². The van der Waals surface area contributed by atoms with Crippen molar-refractivity contribution in [3.63, 3.8) is 0 Å². The van der Waals surface area contributed by atoms with Crippen molar-refractivity contribution in [1.82, 2.24) is 0 Å². The maximum Gasteiger partial charge on any atom is 0.261 e. The number of rotatable bonds is 5. The highest BCUT2D eigenvalue weighted by molar-refractivity contribution is 6.35. The van der Waals surface area contributed by atoms with E-state index in [1.807, 2.05) is 30.3 Å². The summed E-state index contributed by atoms with van der Waals surface area (Å²) in [5, 5.41) is 0.387. The number of nitrogens with zero attached hydrogens (tertiary/aromatic N) is 1. The van der Waals surface area contributed by atoms with Crippen molar-refractivity contribution in [3.05, 3.63) is 59.1 Å². The molecule has 0 heterocycles. The second kappa shape index (κ2) is 7.14. The number of anilines is 2. The van der Waals surface area contributed by atoms with Crippen LogP contribution in [0.3, 0.4) is 0 Å². The Balaban J connectivity index is 2.39. The molecule has 3 nitrogen and oxygen atoms in total. The van der Waals surface area contributed by atoms with E-state index in [9.17, 15) is 4.79 Å². The van der Waals surface area contributed by atoms with Crippen LogP contribution < -0.4 is 10.6 Å². The molecule has 2 aromatic carbocycles. The number of nitrogens with two attached hydrogens (primary N) is 1. The van der Waals surface area contributed by atoms with Gasteiger partial charge >= 0.3 is 0 Å². The monoisotopic (exact) mass is 302 g/mol. The van der Waals surface area contributed by atoms with Crippen LogP contribution in [0, 0.1) is 0 Å². The van der Waals surface area contributed by atoms with Crippen LogP contribution in [0.2, 0.25) is 5.02 Å². The number of nitrogen functional groups attached to an aromatic ring is 1. The van der Waals surface area contributed by atoms with Crippen molar-refractivity contribution < 1.29 is 4.79 Å². The molecule has 2 N–H and O–H groups in total. The number of hydrogen-bond acceptors (Lipinski definition) is 2. The summed E-state index contributed by atoms with van der Waals surface area (Å²) in [6.45, 7) is 2.74. The minimum absolute atomic E-state index is 0.155. The number of halogens is 1. The first-order valence-corrected chi connectivity index (χ1v) is 7.43. The molecule has 0 unspecified atom stereocenters. The van der Waals surface area contributed by atoms with Gasteiger partial charge in [0, 0.05) is 17.9 Å². The van der Waals surface area contributed by atoms with Gasteiger partial charge in [-0.05, 0) is 30.7 Å². The SMILES string of the molecule is CCCCN(C(=O)c1c(N)cccc1Cl)c1ccccc1. The Morgan fingerprint density at radius 2 is 1.86 bits per heavy atom. The minimum atomic E-state index is -0.155. The topological polar surface area (TPSA) is 46.3 Å². The molecule has 2 rings (SSSR count). The van der Waals surface area contributed by atoms with Crippen molar-refractivity contribution in [3.8, 4) is 0 Å². The van der Waals surface area contributed by atoms with Crippen molar-refractivity contribution in [2.75, 3.05) is 17.2 Å². The van der Waals surface area contributed by atoms with Gasteiger partial charge < -0.3 is 10.6 Å². The molecule has 2 aromatic rings. The van der Waals surface area contributed by atoms with Gasteiger partial charge in [0.15, 0.2) is 0 Å². The van der Waals surface area contributed by atoms with E-state index in [-0.39, 0.29) is 5.91 Å². The van der Waals surface area contributed by atoms with E-state index >= 15 is 0 Å². The molecular weight excluding hydrogens is 284 g/mol. The average Bonchev–Trinajstić information content (AvgIpc) is 2.48. The number of hydrogen-bond donors (Lipinski definition) is 1. The predicted molar refractivity (Wildman–Crippen MR) is 88.9 cm³/mol. The zero-order chi connectivity index (χ0) is 15.2. The highest BCUT2D eigenvalue weighted by atomic mass is 35.5. The zero-order valence-corrected chi connectivity index (χ0v) is 12.8. The lowest BCUT2D eigenvalue weighted by Gasteiger charge is -2.24. The summed E-state index contributed by atoms with van der Waals surface area (Å²) in [6, 6.07) is 14.7. The van der Waals surface area contributed by atoms with Gasteiger partial charge in [0.2, 0.25) is 0 Å². The zero-order valence-electron chi connectivity index (χ0n) is 12.1. The van der Waals surface area contributed by atoms with E-state index in [1.165, 1.54) is 0 Å². The molecule has 0 spiro atoms. The fraction of sp³-hybridized carbons (Fsp3) is 0.235. The highest BCUT2D eigenvalue weighted by Crippen LogP contribution is 2.26. The third-order valence-corrected chi connectivity index (χ3v) is 3.62. The largest absolute Gasteiger partial charge is 0.398 e. The number of para-hydroxylation sites is 1. The third kappa shape index (κ3) is 3.56. The first kappa shape index (κ1) is 15.4. The lowest BCUT2D eigenvalue weighted by molar-refractivity contribution is 0.0987. The lowest BCUT2D eigenvalue weighted by atomic mass is 10.1. The molecular formula is C17H19ClN2O. The summed E-state index contributed by atoms with van der Waals surface area (Å²) in [7, 11) is 0. The Hall–Kier alpha value is -2.00. The summed E-state index contributed by atoms with van der Waals surface area (Å²) >= 11 is 6.16.